The van der Waals surface area contributed by atoms with E-state index in [0.717, 1.165) is 29.1 Å². The van der Waals surface area contributed by atoms with Crippen LogP contribution in [0.5, 0.6) is 5.75 Å². The Morgan fingerprint density at radius 3 is 2.59 bits per heavy atom. The van der Waals surface area contributed by atoms with Crippen molar-refractivity contribution in [1.29, 1.82) is 0 Å². The number of nitrogens with zero attached hydrogens (tertiary/aromatic N) is 1. The molecule has 0 saturated heterocycles. The third-order valence-corrected chi connectivity index (χ3v) is 4.17. The molecule has 3 aromatic rings. The molecule has 138 valence electrons. The number of pyridine rings is 1. The molecule has 0 atom stereocenters. The summed E-state index contributed by atoms with van der Waals surface area (Å²) in [5.41, 5.74) is 4.36. The minimum atomic E-state index is -0.175. The molecule has 0 spiro atoms. The van der Waals surface area contributed by atoms with Gasteiger partial charge in [-0.25, -0.2) is 4.98 Å². The van der Waals surface area contributed by atoms with E-state index in [4.69, 9.17) is 4.74 Å². The average molecular weight is 361 g/mol. The molecule has 2 aromatic carbocycles. The fraction of sp³-hybridized carbons (Fsp3) is 0.182. The Morgan fingerprint density at radius 2 is 1.89 bits per heavy atom. The molecule has 2 N–H and O–H groups in total. The molecule has 0 aliphatic heterocycles. The zero-order valence-corrected chi connectivity index (χ0v) is 15.5. The Bertz CT molecular complexity index is 893. The molecule has 5 nitrogen and oxygen atoms in total. The van der Waals surface area contributed by atoms with Gasteiger partial charge in [0.05, 0.1) is 24.7 Å². The summed E-state index contributed by atoms with van der Waals surface area (Å²) in [7, 11) is 1.64. The normalized spacial score (nSPS) is 10.3. The molecule has 1 amide bonds. The van der Waals surface area contributed by atoms with Crippen molar-refractivity contribution in [3.05, 3.63) is 83.7 Å². The van der Waals surface area contributed by atoms with Gasteiger partial charge in [0.2, 0.25) is 0 Å². The van der Waals surface area contributed by atoms with Gasteiger partial charge in [-0.3, -0.25) is 4.79 Å². The van der Waals surface area contributed by atoms with Crippen molar-refractivity contribution < 1.29 is 9.53 Å². The summed E-state index contributed by atoms with van der Waals surface area (Å²) >= 11 is 0. The van der Waals surface area contributed by atoms with E-state index in [1.54, 1.807) is 19.4 Å². The lowest BCUT2D eigenvalue weighted by molar-refractivity contribution is 0.0949. The first-order chi connectivity index (χ1) is 13.2. The van der Waals surface area contributed by atoms with E-state index in [1.807, 2.05) is 61.5 Å². The number of carbonyl (C=O) groups excluding carboxylic acids is 1. The highest BCUT2D eigenvalue weighted by molar-refractivity contribution is 5.92. The number of ether oxygens (including phenoxy) is 1. The molecular weight excluding hydrogens is 338 g/mol. The second-order valence-corrected chi connectivity index (χ2v) is 6.25. The molecule has 0 saturated carbocycles. The Labute approximate surface area is 159 Å². The lowest BCUT2D eigenvalue weighted by Gasteiger charge is -2.12. The van der Waals surface area contributed by atoms with Gasteiger partial charge < -0.3 is 15.4 Å². The number of methoxy groups -OCH3 is 1. The molecule has 0 radical (unpaired) electrons. The van der Waals surface area contributed by atoms with E-state index in [2.05, 4.69) is 15.6 Å². The van der Waals surface area contributed by atoms with E-state index < -0.39 is 0 Å². The Hall–Kier alpha value is -3.34. The van der Waals surface area contributed by atoms with Crippen molar-refractivity contribution in [2.24, 2.45) is 0 Å². The van der Waals surface area contributed by atoms with Crippen molar-refractivity contribution in [2.75, 3.05) is 19.0 Å². The number of aromatic nitrogens is 1. The third-order valence-electron chi connectivity index (χ3n) is 4.17. The highest BCUT2D eigenvalue weighted by Gasteiger charge is 2.08. The molecule has 0 bridgehead atoms. The topological polar surface area (TPSA) is 63.2 Å². The van der Waals surface area contributed by atoms with Crippen molar-refractivity contribution in [3.63, 3.8) is 0 Å². The maximum absolute atomic E-state index is 12.2. The number of benzene rings is 2. The van der Waals surface area contributed by atoms with E-state index in [0.29, 0.717) is 12.2 Å². The minimum absolute atomic E-state index is 0.175. The van der Waals surface area contributed by atoms with Crippen LogP contribution in [-0.4, -0.2) is 24.5 Å². The van der Waals surface area contributed by atoms with Crippen LogP contribution in [0.4, 0.5) is 11.4 Å². The number of hydrogen-bond acceptors (Lipinski definition) is 4. The van der Waals surface area contributed by atoms with E-state index >= 15 is 0 Å². The smallest absolute Gasteiger partial charge is 0.269 e. The maximum atomic E-state index is 12.2. The standard InChI is InChI=1S/C22H23N3O2/c1-16-8-11-21(27-2)20(14-16)25-18-9-10-19(24-15-18)22(26)23-13-12-17-6-4-3-5-7-17/h3-11,14-15,25H,12-13H2,1-2H3,(H,23,26). The fourth-order valence-electron chi connectivity index (χ4n) is 2.73. The zero-order chi connectivity index (χ0) is 19.1. The Kier molecular flexibility index (Phi) is 6.05. The van der Waals surface area contributed by atoms with Crippen LogP contribution in [0.25, 0.3) is 0 Å². The number of anilines is 2. The van der Waals surface area contributed by atoms with Gasteiger partial charge in [-0.15, -0.1) is 0 Å². The quantitative estimate of drug-likeness (QED) is 0.665. The molecule has 0 fully saturated rings. The average Bonchev–Trinajstić information content (AvgIpc) is 2.69. The first-order valence-corrected chi connectivity index (χ1v) is 8.85. The van der Waals surface area contributed by atoms with Crippen LogP contribution >= 0.6 is 0 Å². The van der Waals surface area contributed by atoms with Crippen LogP contribution < -0.4 is 15.4 Å². The van der Waals surface area contributed by atoms with Crippen LogP contribution in [-0.2, 0) is 6.42 Å². The highest BCUT2D eigenvalue weighted by Crippen LogP contribution is 2.28. The lowest BCUT2D eigenvalue weighted by Crippen LogP contribution is -2.26. The molecule has 1 aromatic heterocycles. The first-order valence-electron chi connectivity index (χ1n) is 8.85. The summed E-state index contributed by atoms with van der Waals surface area (Å²) in [5.74, 6) is 0.578. The second-order valence-electron chi connectivity index (χ2n) is 6.25. The van der Waals surface area contributed by atoms with Gasteiger partial charge in [-0.05, 0) is 48.7 Å². The van der Waals surface area contributed by atoms with Gasteiger partial charge >= 0.3 is 0 Å². The van der Waals surface area contributed by atoms with Crippen molar-refractivity contribution in [1.82, 2.24) is 10.3 Å². The number of carbonyl (C=O) groups is 1. The first kappa shape index (κ1) is 18.5. The van der Waals surface area contributed by atoms with Gasteiger partial charge in [0.25, 0.3) is 5.91 Å². The number of amides is 1. The predicted octanol–water partition coefficient (Wildman–Crippen LogP) is 4.11. The Balaban J connectivity index is 1.58. The lowest BCUT2D eigenvalue weighted by atomic mass is 10.1. The summed E-state index contributed by atoms with van der Waals surface area (Å²) in [4.78, 5) is 16.5. The van der Waals surface area contributed by atoms with Crippen LogP contribution in [0.3, 0.4) is 0 Å². The minimum Gasteiger partial charge on any atom is -0.495 e. The van der Waals surface area contributed by atoms with Crippen LogP contribution in [0.1, 0.15) is 21.6 Å². The maximum Gasteiger partial charge on any atom is 0.269 e. The molecule has 1 heterocycles. The summed E-state index contributed by atoms with van der Waals surface area (Å²) in [5, 5.41) is 6.18. The van der Waals surface area contributed by atoms with Crippen LogP contribution in [0, 0.1) is 6.92 Å². The van der Waals surface area contributed by atoms with Gasteiger partial charge in [-0.2, -0.15) is 0 Å². The number of rotatable bonds is 7. The predicted molar refractivity (Wildman–Crippen MR) is 108 cm³/mol. The van der Waals surface area contributed by atoms with E-state index in [1.165, 1.54) is 5.56 Å². The Morgan fingerprint density at radius 1 is 1.07 bits per heavy atom. The number of hydrogen-bond donors (Lipinski definition) is 2. The van der Waals surface area contributed by atoms with Crippen molar-refractivity contribution in [2.45, 2.75) is 13.3 Å². The summed E-state index contributed by atoms with van der Waals surface area (Å²) in [6.07, 6.45) is 2.44. The van der Waals surface area contributed by atoms with Gasteiger partial charge in [0, 0.05) is 6.54 Å². The summed E-state index contributed by atoms with van der Waals surface area (Å²) in [6, 6.07) is 19.5. The third kappa shape index (κ3) is 5.07. The highest BCUT2D eigenvalue weighted by atomic mass is 16.5. The van der Waals surface area contributed by atoms with Gasteiger partial charge in [0.1, 0.15) is 11.4 Å². The molecule has 5 heteroatoms. The van der Waals surface area contributed by atoms with Crippen LogP contribution in [0.2, 0.25) is 0 Å². The molecule has 0 aliphatic rings. The van der Waals surface area contributed by atoms with E-state index in [9.17, 15) is 4.79 Å². The number of aryl methyl sites for hydroxylation is 1. The number of nitrogens with one attached hydrogen (secondary N) is 2. The monoisotopic (exact) mass is 361 g/mol. The SMILES string of the molecule is COc1ccc(C)cc1Nc1ccc(C(=O)NCCc2ccccc2)nc1. The van der Waals surface area contributed by atoms with Crippen molar-refractivity contribution >= 4 is 17.3 Å². The molecule has 27 heavy (non-hydrogen) atoms. The molecule has 0 aliphatic carbocycles. The van der Waals surface area contributed by atoms with E-state index in [-0.39, 0.29) is 5.91 Å². The zero-order valence-electron chi connectivity index (χ0n) is 15.5. The molecular formula is C22H23N3O2. The second kappa shape index (κ2) is 8.85. The molecule has 0 unspecified atom stereocenters. The van der Waals surface area contributed by atoms with Gasteiger partial charge in [0.15, 0.2) is 0 Å². The fourth-order valence-corrected chi connectivity index (χ4v) is 2.73. The van der Waals surface area contributed by atoms with Crippen molar-refractivity contribution in [3.8, 4) is 5.75 Å². The van der Waals surface area contributed by atoms with Gasteiger partial charge in [-0.1, -0.05) is 36.4 Å². The largest absolute Gasteiger partial charge is 0.495 e. The summed E-state index contributed by atoms with van der Waals surface area (Å²) in [6.45, 7) is 2.59. The molecule has 3 rings (SSSR count). The van der Waals surface area contributed by atoms with Crippen LogP contribution in [0.15, 0.2) is 66.9 Å². The summed E-state index contributed by atoms with van der Waals surface area (Å²) < 4.78 is 5.37.